The molecule has 1 aliphatic heterocycles. The number of benzene rings is 2. The zero-order valence-electron chi connectivity index (χ0n) is 23.3. The third-order valence-corrected chi connectivity index (χ3v) is 7.17. The summed E-state index contributed by atoms with van der Waals surface area (Å²) >= 11 is 0. The first-order valence-corrected chi connectivity index (χ1v) is 13.0. The van der Waals surface area contributed by atoms with E-state index in [0.29, 0.717) is 0 Å². The minimum Gasteiger partial charge on any atom is -0.497 e. The Morgan fingerprint density at radius 3 is 2.23 bits per heavy atom. The van der Waals surface area contributed by atoms with Gasteiger partial charge in [-0.2, -0.15) is 0 Å². The predicted octanol–water partition coefficient (Wildman–Crippen LogP) is 4.25. The van der Waals surface area contributed by atoms with Crippen LogP contribution in [0, 0.1) is 17.6 Å². The maximum atomic E-state index is 15.3. The van der Waals surface area contributed by atoms with Crippen molar-refractivity contribution in [1.29, 1.82) is 0 Å². The van der Waals surface area contributed by atoms with Crippen LogP contribution in [0.15, 0.2) is 59.5 Å². The van der Waals surface area contributed by atoms with E-state index >= 15 is 8.78 Å². The van der Waals surface area contributed by atoms with Crippen molar-refractivity contribution in [3.8, 4) is 11.5 Å². The lowest BCUT2D eigenvalue weighted by Gasteiger charge is -2.26. The van der Waals surface area contributed by atoms with Crippen molar-refractivity contribution in [2.75, 3.05) is 32.3 Å². The van der Waals surface area contributed by atoms with Crippen LogP contribution in [0.5, 0.6) is 11.5 Å². The van der Waals surface area contributed by atoms with Crippen LogP contribution in [0.2, 0.25) is 0 Å². The Kier molecular flexibility index (Phi) is 9.38. The number of alkyl halides is 3. The van der Waals surface area contributed by atoms with Gasteiger partial charge in [-0.1, -0.05) is 0 Å². The van der Waals surface area contributed by atoms with Crippen molar-refractivity contribution in [3.05, 3.63) is 87.8 Å². The molecular formula is C29H28F5N3O6. The van der Waals surface area contributed by atoms with Gasteiger partial charge in [-0.15, -0.1) is 13.2 Å². The average Bonchev–Trinajstić information content (AvgIpc) is 3.18. The summed E-state index contributed by atoms with van der Waals surface area (Å²) in [7, 11) is 2.70. The molecule has 1 aromatic heterocycles. The van der Waals surface area contributed by atoms with Crippen LogP contribution in [0.4, 0.5) is 27.6 Å². The summed E-state index contributed by atoms with van der Waals surface area (Å²) in [6.45, 7) is 1.55. The van der Waals surface area contributed by atoms with Gasteiger partial charge in [0.25, 0.3) is 11.5 Å². The van der Waals surface area contributed by atoms with Gasteiger partial charge in [0.2, 0.25) is 5.91 Å². The van der Waals surface area contributed by atoms with Crippen molar-refractivity contribution in [2.45, 2.75) is 31.8 Å². The van der Waals surface area contributed by atoms with Gasteiger partial charge >= 0.3 is 6.36 Å². The highest BCUT2D eigenvalue weighted by Crippen LogP contribution is 2.43. The van der Waals surface area contributed by atoms with Gasteiger partial charge in [0.1, 0.15) is 28.8 Å². The lowest BCUT2D eigenvalue weighted by atomic mass is 9.83. The molecule has 3 atom stereocenters. The fraction of sp³-hybridized carbons (Fsp3) is 0.345. The number of aromatic nitrogens is 1. The number of amides is 2. The first kappa shape index (κ1) is 31.5. The van der Waals surface area contributed by atoms with E-state index in [-0.39, 0.29) is 30.2 Å². The smallest absolute Gasteiger partial charge is 0.497 e. The first-order chi connectivity index (χ1) is 20.4. The number of hydrogen-bond acceptors (Lipinski definition) is 6. The molecule has 4 rings (SSSR count). The number of rotatable bonds is 10. The van der Waals surface area contributed by atoms with E-state index in [1.165, 1.54) is 35.9 Å². The summed E-state index contributed by atoms with van der Waals surface area (Å²) in [6.07, 6.45) is -3.40. The molecule has 3 aromatic rings. The summed E-state index contributed by atoms with van der Waals surface area (Å²) in [4.78, 5) is 41.2. The van der Waals surface area contributed by atoms with Crippen LogP contribution in [0.3, 0.4) is 0 Å². The van der Waals surface area contributed by atoms with Gasteiger partial charge in [0.05, 0.1) is 19.6 Å². The van der Waals surface area contributed by atoms with E-state index in [4.69, 9.17) is 9.47 Å². The monoisotopic (exact) mass is 609 g/mol. The molecule has 1 fully saturated rings. The average molecular weight is 610 g/mol. The Balaban J connectivity index is 1.68. The summed E-state index contributed by atoms with van der Waals surface area (Å²) < 4.78 is 83.2. The molecule has 1 saturated heterocycles. The molecule has 1 aliphatic rings. The summed E-state index contributed by atoms with van der Waals surface area (Å²) in [5, 5.41) is 2.53. The van der Waals surface area contributed by atoms with E-state index in [0.717, 1.165) is 36.4 Å². The van der Waals surface area contributed by atoms with Crippen LogP contribution in [0.1, 0.15) is 28.8 Å². The van der Waals surface area contributed by atoms with Crippen molar-refractivity contribution < 1.29 is 45.8 Å². The summed E-state index contributed by atoms with van der Waals surface area (Å²) in [6, 6.07) is 8.06. The SMILES string of the molecule is COCCn1cccc(N2C(=O)C(CNC(=O)c3ccc(OC(F)(F)F)cc3)[C@H](c3c(F)cc(OC)cc3F)[C@@H]2C)c1=O. The highest BCUT2D eigenvalue weighted by Gasteiger charge is 2.50. The molecule has 2 aromatic carbocycles. The number of nitrogens with one attached hydrogen (secondary N) is 1. The molecule has 9 nitrogen and oxygen atoms in total. The van der Waals surface area contributed by atoms with Crippen molar-refractivity contribution >= 4 is 17.5 Å². The summed E-state index contributed by atoms with van der Waals surface area (Å²) in [5.41, 5.74) is -1.02. The number of halogens is 5. The number of pyridine rings is 1. The number of nitrogens with zero attached hydrogens (tertiary/aromatic N) is 2. The third kappa shape index (κ3) is 6.79. The highest BCUT2D eigenvalue weighted by molar-refractivity contribution is 6.00. The van der Waals surface area contributed by atoms with Gasteiger partial charge in [-0.3, -0.25) is 14.4 Å². The van der Waals surface area contributed by atoms with Crippen LogP contribution < -0.4 is 25.2 Å². The highest BCUT2D eigenvalue weighted by atomic mass is 19.4. The number of anilines is 1. The van der Waals surface area contributed by atoms with Crippen LogP contribution in [-0.2, 0) is 16.1 Å². The second-order valence-corrected chi connectivity index (χ2v) is 9.75. The Morgan fingerprint density at radius 2 is 1.65 bits per heavy atom. The van der Waals surface area contributed by atoms with E-state index in [2.05, 4.69) is 10.1 Å². The molecule has 2 heterocycles. The molecule has 0 radical (unpaired) electrons. The lowest BCUT2D eigenvalue weighted by Crippen LogP contribution is -2.39. The van der Waals surface area contributed by atoms with Gasteiger partial charge in [0.15, 0.2) is 0 Å². The lowest BCUT2D eigenvalue weighted by molar-refractivity contribution is -0.274. The Bertz CT molecular complexity index is 1520. The number of carbonyl (C=O) groups is 2. The molecule has 0 saturated carbocycles. The molecule has 14 heteroatoms. The van der Waals surface area contributed by atoms with Gasteiger partial charge in [-0.05, 0) is 43.3 Å². The number of carbonyl (C=O) groups excluding carboxylic acids is 2. The number of methoxy groups -OCH3 is 2. The quantitative estimate of drug-likeness (QED) is 0.346. The normalized spacial score (nSPS) is 18.6. The van der Waals surface area contributed by atoms with Crippen LogP contribution in [0.25, 0.3) is 0 Å². The molecule has 230 valence electrons. The Morgan fingerprint density at radius 1 is 1.00 bits per heavy atom. The minimum atomic E-state index is -4.91. The zero-order valence-corrected chi connectivity index (χ0v) is 23.3. The molecule has 1 unspecified atom stereocenters. The molecule has 1 N–H and O–H groups in total. The van der Waals surface area contributed by atoms with Crippen molar-refractivity contribution in [2.24, 2.45) is 5.92 Å². The van der Waals surface area contributed by atoms with E-state index in [1.54, 1.807) is 13.0 Å². The molecule has 0 spiro atoms. The van der Waals surface area contributed by atoms with E-state index in [1.807, 2.05) is 0 Å². The van der Waals surface area contributed by atoms with Gasteiger partial charge < -0.3 is 29.0 Å². The van der Waals surface area contributed by atoms with Crippen molar-refractivity contribution in [3.63, 3.8) is 0 Å². The minimum absolute atomic E-state index is 0.0236. The number of ether oxygens (including phenoxy) is 3. The maximum Gasteiger partial charge on any atom is 0.573 e. The fourth-order valence-electron chi connectivity index (χ4n) is 5.21. The summed E-state index contributed by atoms with van der Waals surface area (Å²) in [5.74, 6) is -6.39. The van der Waals surface area contributed by atoms with Gasteiger partial charge in [-0.25, -0.2) is 8.78 Å². The number of hydrogen-bond donors (Lipinski definition) is 1. The molecule has 0 aliphatic carbocycles. The van der Waals surface area contributed by atoms with E-state index < -0.39 is 71.1 Å². The predicted molar refractivity (Wildman–Crippen MR) is 144 cm³/mol. The second-order valence-electron chi connectivity index (χ2n) is 9.75. The molecule has 0 bridgehead atoms. The standard InChI is InChI=1S/C29H28F5N3O6/c1-16-24(25-21(30)13-19(42-3)14-22(25)31)20(15-35-26(38)17-6-8-18(9-7-17)43-29(32,33)34)27(39)37(16)23-5-4-10-36(28(23)40)11-12-41-2/h4-10,13-14,16,20,24H,11-12,15H2,1-3H3,(H,35,38)/t16-,20?,24+/m0/s1. The molecule has 2 amide bonds. The topological polar surface area (TPSA) is 99.1 Å². The molecule has 43 heavy (non-hydrogen) atoms. The van der Waals surface area contributed by atoms with Crippen LogP contribution >= 0.6 is 0 Å². The van der Waals surface area contributed by atoms with E-state index in [9.17, 15) is 27.6 Å². The van der Waals surface area contributed by atoms with Gasteiger partial charge in [0, 0.05) is 61.6 Å². The first-order valence-electron chi connectivity index (χ1n) is 13.0. The third-order valence-electron chi connectivity index (χ3n) is 7.17. The fourth-order valence-corrected chi connectivity index (χ4v) is 5.21. The van der Waals surface area contributed by atoms with Crippen molar-refractivity contribution in [1.82, 2.24) is 9.88 Å². The van der Waals surface area contributed by atoms with Crippen LogP contribution in [-0.4, -0.2) is 56.2 Å². The Hall–Kier alpha value is -4.46. The maximum absolute atomic E-state index is 15.3. The zero-order chi connectivity index (χ0) is 31.5. The molecular weight excluding hydrogens is 581 g/mol. The largest absolute Gasteiger partial charge is 0.573 e. The Labute approximate surface area is 242 Å². The second kappa shape index (κ2) is 12.8.